The molecule has 28 heavy (non-hydrogen) atoms. The number of ether oxygens (including phenoxy) is 1. The first-order valence-corrected chi connectivity index (χ1v) is 10.2. The molecule has 0 unspecified atom stereocenters. The Morgan fingerprint density at radius 3 is 2.36 bits per heavy atom. The molecule has 0 saturated carbocycles. The van der Waals surface area contributed by atoms with Gasteiger partial charge in [-0.15, -0.1) is 10.2 Å². The number of benzene rings is 2. The number of hydrogen-bond donors (Lipinski definition) is 0. The minimum atomic E-state index is -0.499. The van der Waals surface area contributed by atoms with E-state index >= 15 is 0 Å². The molecular weight excluding hydrogens is 370 g/mol. The highest BCUT2D eigenvalue weighted by molar-refractivity contribution is 7.99. The average molecular weight is 396 g/mol. The van der Waals surface area contributed by atoms with E-state index in [9.17, 15) is 4.79 Å². The van der Waals surface area contributed by atoms with Crippen molar-refractivity contribution in [3.05, 3.63) is 71.5 Å². The Labute approximate surface area is 170 Å². The molecule has 1 aromatic heterocycles. The molecule has 0 aliphatic carbocycles. The first kappa shape index (κ1) is 20.1. The third-order valence-electron chi connectivity index (χ3n) is 3.94. The van der Waals surface area contributed by atoms with Crippen molar-refractivity contribution in [3.8, 4) is 5.69 Å². The van der Waals surface area contributed by atoms with Crippen molar-refractivity contribution >= 4 is 17.7 Å². The Morgan fingerprint density at radius 2 is 1.71 bits per heavy atom. The number of hydrogen-bond acceptors (Lipinski definition) is 5. The van der Waals surface area contributed by atoms with Gasteiger partial charge in [0.05, 0.1) is 5.75 Å². The molecule has 146 valence electrons. The highest BCUT2D eigenvalue weighted by Crippen LogP contribution is 2.24. The molecule has 0 fully saturated rings. The molecule has 2 aromatic carbocycles. The molecule has 3 aromatic rings. The lowest BCUT2D eigenvalue weighted by molar-refractivity contribution is -0.151. The summed E-state index contributed by atoms with van der Waals surface area (Å²) in [6.07, 6.45) is 0.661. The topological polar surface area (TPSA) is 57.0 Å². The second kappa shape index (κ2) is 8.61. The van der Waals surface area contributed by atoms with Crippen molar-refractivity contribution in [2.75, 3.05) is 5.75 Å². The summed E-state index contributed by atoms with van der Waals surface area (Å²) in [6.45, 7) is 7.64. The zero-order chi connectivity index (χ0) is 20.1. The van der Waals surface area contributed by atoms with Gasteiger partial charge in [0.1, 0.15) is 11.4 Å². The van der Waals surface area contributed by atoms with Crippen molar-refractivity contribution in [2.45, 2.75) is 44.9 Å². The van der Waals surface area contributed by atoms with Crippen LogP contribution in [0.15, 0.2) is 59.8 Å². The van der Waals surface area contributed by atoms with Gasteiger partial charge in [0.2, 0.25) is 0 Å². The van der Waals surface area contributed by atoms with Crippen molar-refractivity contribution in [2.24, 2.45) is 0 Å². The Kier molecular flexibility index (Phi) is 6.19. The van der Waals surface area contributed by atoms with E-state index in [1.165, 1.54) is 17.3 Å². The van der Waals surface area contributed by atoms with E-state index in [2.05, 4.69) is 41.4 Å². The summed E-state index contributed by atoms with van der Waals surface area (Å²) in [7, 11) is 0. The third-order valence-corrected chi connectivity index (χ3v) is 4.84. The zero-order valence-corrected chi connectivity index (χ0v) is 17.5. The molecular formula is C22H25N3O2S. The van der Waals surface area contributed by atoms with Gasteiger partial charge in [-0.05, 0) is 45.4 Å². The number of carbonyl (C=O) groups excluding carboxylic acids is 1. The summed E-state index contributed by atoms with van der Waals surface area (Å²) < 4.78 is 7.42. The number of nitrogens with zero attached hydrogens (tertiary/aromatic N) is 3. The van der Waals surface area contributed by atoms with Crippen LogP contribution in [0.4, 0.5) is 0 Å². The lowest BCUT2D eigenvalue weighted by Crippen LogP contribution is -2.25. The molecule has 0 spiro atoms. The maximum Gasteiger partial charge on any atom is 0.316 e. The minimum absolute atomic E-state index is 0.187. The molecule has 6 heteroatoms. The fraction of sp³-hybridized carbons (Fsp3) is 0.318. The van der Waals surface area contributed by atoms with Gasteiger partial charge in [0, 0.05) is 12.1 Å². The van der Waals surface area contributed by atoms with E-state index in [0.717, 1.165) is 17.1 Å². The number of aryl methyl sites for hydroxylation is 1. The first-order valence-electron chi connectivity index (χ1n) is 9.22. The van der Waals surface area contributed by atoms with Gasteiger partial charge in [-0.2, -0.15) is 0 Å². The highest BCUT2D eigenvalue weighted by atomic mass is 32.2. The Bertz CT molecular complexity index is 929. The molecule has 1 heterocycles. The lowest BCUT2D eigenvalue weighted by atomic mass is 10.1. The van der Waals surface area contributed by atoms with Crippen molar-refractivity contribution < 1.29 is 9.53 Å². The van der Waals surface area contributed by atoms with Crippen LogP contribution < -0.4 is 0 Å². The normalized spacial score (nSPS) is 11.4. The van der Waals surface area contributed by atoms with Crippen molar-refractivity contribution in [1.82, 2.24) is 14.8 Å². The summed E-state index contributed by atoms with van der Waals surface area (Å²) in [4.78, 5) is 12.1. The molecule has 0 aliphatic rings. The maximum atomic E-state index is 12.1. The van der Waals surface area contributed by atoms with Crippen molar-refractivity contribution in [3.63, 3.8) is 0 Å². The van der Waals surface area contributed by atoms with Gasteiger partial charge in [0.15, 0.2) is 5.16 Å². The summed E-state index contributed by atoms with van der Waals surface area (Å²) >= 11 is 1.34. The molecule has 0 saturated heterocycles. The molecule has 0 atom stereocenters. The Hall–Kier alpha value is -2.60. The fourth-order valence-electron chi connectivity index (χ4n) is 2.73. The summed E-state index contributed by atoms with van der Waals surface area (Å²) in [5.74, 6) is 0.759. The van der Waals surface area contributed by atoms with Crippen molar-refractivity contribution in [1.29, 1.82) is 0 Å². The molecule has 0 bridgehead atoms. The molecule has 0 amide bonds. The van der Waals surface area contributed by atoms with E-state index in [1.54, 1.807) is 0 Å². The molecule has 0 aliphatic heterocycles. The van der Waals surface area contributed by atoms with Crippen LogP contribution >= 0.6 is 11.8 Å². The monoisotopic (exact) mass is 395 g/mol. The quantitative estimate of drug-likeness (QED) is 0.451. The standard InChI is InChI=1S/C22H25N3O2S/c1-16-10-12-18(13-11-16)25-19(14-17-8-6-5-7-9-17)23-24-21(25)28-15-20(26)27-22(2,3)4/h5-13H,14-15H2,1-4H3. The zero-order valence-electron chi connectivity index (χ0n) is 16.7. The Balaban J connectivity index is 1.87. The van der Waals surface area contributed by atoms with Gasteiger partial charge in [-0.25, -0.2) is 0 Å². The summed E-state index contributed by atoms with van der Waals surface area (Å²) in [5, 5.41) is 9.43. The van der Waals surface area contributed by atoms with Crippen LogP contribution in [0.2, 0.25) is 0 Å². The molecule has 0 N–H and O–H groups in total. The Morgan fingerprint density at radius 1 is 1.04 bits per heavy atom. The van der Waals surface area contributed by atoms with Crippen LogP contribution in [0.1, 0.15) is 37.7 Å². The van der Waals surface area contributed by atoms with Gasteiger partial charge < -0.3 is 4.74 Å². The predicted molar refractivity (Wildman–Crippen MR) is 112 cm³/mol. The number of esters is 1. The second-order valence-electron chi connectivity index (χ2n) is 7.61. The molecule has 0 radical (unpaired) electrons. The van der Waals surface area contributed by atoms with Crippen LogP contribution in [0.5, 0.6) is 0 Å². The van der Waals surface area contributed by atoms with E-state index < -0.39 is 5.60 Å². The fourth-order valence-corrected chi connectivity index (χ4v) is 3.48. The van der Waals surface area contributed by atoms with E-state index in [-0.39, 0.29) is 11.7 Å². The summed E-state index contributed by atoms with van der Waals surface area (Å²) in [6, 6.07) is 18.4. The van der Waals surface area contributed by atoms with Crippen LogP contribution in [0.25, 0.3) is 5.69 Å². The summed E-state index contributed by atoms with van der Waals surface area (Å²) in [5.41, 5.74) is 2.82. The molecule has 5 nitrogen and oxygen atoms in total. The number of carbonyl (C=O) groups is 1. The SMILES string of the molecule is Cc1ccc(-n2c(Cc3ccccc3)nnc2SCC(=O)OC(C)(C)C)cc1. The third kappa shape index (κ3) is 5.45. The van der Waals surface area contributed by atoms with E-state index in [0.29, 0.717) is 11.6 Å². The van der Waals surface area contributed by atoms with Gasteiger partial charge in [0.25, 0.3) is 0 Å². The number of rotatable bonds is 6. The van der Waals surface area contributed by atoms with E-state index in [4.69, 9.17) is 4.74 Å². The number of aromatic nitrogens is 3. The average Bonchev–Trinajstić information content (AvgIpc) is 3.03. The largest absolute Gasteiger partial charge is 0.459 e. The van der Waals surface area contributed by atoms with Crippen LogP contribution in [0.3, 0.4) is 0 Å². The lowest BCUT2D eigenvalue weighted by Gasteiger charge is -2.19. The highest BCUT2D eigenvalue weighted by Gasteiger charge is 2.19. The van der Waals surface area contributed by atoms with Crippen LogP contribution in [-0.4, -0.2) is 32.1 Å². The van der Waals surface area contributed by atoms with E-state index in [1.807, 2.05) is 55.7 Å². The first-order chi connectivity index (χ1) is 13.3. The van der Waals surface area contributed by atoms with Crippen LogP contribution in [0, 0.1) is 6.92 Å². The maximum absolute atomic E-state index is 12.1. The predicted octanol–water partition coefficient (Wildman–Crippen LogP) is 4.60. The second-order valence-corrected chi connectivity index (χ2v) is 8.55. The smallest absolute Gasteiger partial charge is 0.316 e. The minimum Gasteiger partial charge on any atom is -0.459 e. The van der Waals surface area contributed by atoms with Gasteiger partial charge >= 0.3 is 5.97 Å². The number of thioether (sulfide) groups is 1. The van der Waals surface area contributed by atoms with Gasteiger partial charge in [-0.1, -0.05) is 59.8 Å². The van der Waals surface area contributed by atoms with Gasteiger partial charge in [-0.3, -0.25) is 9.36 Å². The molecule has 3 rings (SSSR count). The van der Waals surface area contributed by atoms with Crippen LogP contribution in [-0.2, 0) is 16.0 Å².